The molecule has 1 aliphatic heterocycles. The summed E-state index contributed by atoms with van der Waals surface area (Å²) in [5.74, 6) is 0.0806. The van der Waals surface area contributed by atoms with Crippen LogP contribution in [0.2, 0.25) is 0 Å². The molecule has 1 N–H and O–H groups in total. The number of aryl methyl sites for hydroxylation is 1. The minimum Gasteiger partial charge on any atom is -0.360 e. The Labute approximate surface area is 177 Å². The van der Waals surface area contributed by atoms with Crippen molar-refractivity contribution in [1.29, 1.82) is 0 Å². The van der Waals surface area contributed by atoms with Gasteiger partial charge in [-0.1, -0.05) is 55.5 Å². The standard InChI is InChI=1S/C23H27N3O3S/c1-2-19-9-6-10-20-21(15-24-23(19)20)22(27)16-25-11-13-26(14-12-25)30(28,29)17-18-7-4-3-5-8-18/h3-10,15,24H,2,11-14,16-17H2,1H3. The second-order valence-electron chi connectivity index (χ2n) is 7.74. The van der Waals surface area contributed by atoms with Crippen molar-refractivity contribution >= 4 is 26.7 Å². The number of para-hydroxylation sites is 1. The van der Waals surface area contributed by atoms with Gasteiger partial charge in [-0.3, -0.25) is 9.69 Å². The maximum absolute atomic E-state index is 12.9. The average Bonchev–Trinajstić information content (AvgIpc) is 3.19. The van der Waals surface area contributed by atoms with Gasteiger partial charge >= 0.3 is 0 Å². The quantitative estimate of drug-likeness (QED) is 0.591. The van der Waals surface area contributed by atoms with Crippen LogP contribution in [0.5, 0.6) is 0 Å². The summed E-state index contributed by atoms with van der Waals surface area (Å²) in [4.78, 5) is 18.2. The molecule has 1 aromatic heterocycles. The Morgan fingerprint density at radius 3 is 2.43 bits per heavy atom. The summed E-state index contributed by atoms with van der Waals surface area (Å²) < 4.78 is 27.0. The highest BCUT2D eigenvalue weighted by Crippen LogP contribution is 2.23. The Morgan fingerprint density at radius 2 is 1.73 bits per heavy atom. The predicted octanol–water partition coefficient (Wildman–Crippen LogP) is 3.06. The fourth-order valence-electron chi connectivity index (χ4n) is 4.07. The van der Waals surface area contributed by atoms with Gasteiger partial charge in [-0.05, 0) is 17.5 Å². The lowest BCUT2D eigenvalue weighted by molar-refractivity contribution is 0.0903. The van der Waals surface area contributed by atoms with Gasteiger partial charge in [0.1, 0.15) is 0 Å². The molecule has 0 unspecified atom stereocenters. The summed E-state index contributed by atoms with van der Waals surface area (Å²) >= 11 is 0. The van der Waals surface area contributed by atoms with Crippen LogP contribution in [-0.4, -0.2) is 61.1 Å². The number of hydrogen-bond acceptors (Lipinski definition) is 4. The SMILES string of the molecule is CCc1cccc2c(C(=O)CN3CCN(S(=O)(=O)Cc4ccccc4)CC3)c[nH]c12. The molecule has 0 spiro atoms. The number of sulfonamides is 1. The second-order valence-corrected chi connectivity index (χ2v) is 9.70. The number of benzene rings is 2. The molecule has 0 radical (unpaired) electrons. The van der Waals surface area contributed by atoms with Gasteiger partial charge in [-0.25, -0.2) is 8.42 Å². The van der Waals surface area contributed by atoms with Gasteiger partial charge in [-0.15, -0.1) is 0 Å². The van der Waals surface area contributed by atoms with Gasteiger partial charge in [0.25, 0.3) is 0 Å². The molecule has 2 heterocycles. The number of carbonyl (C=O) groups is 1. The van der Waals surface area contributed by atoms with E-state index < -0.39 is 10.0 Å². The lowest BCUT2D eigenvalue weighted by Gasteiger charge is -2.33. The molecule has 0 aliphatic carbocycles. The number of aromatic nitrogens is 1. The Kier molecular flexibility index (Phi) is 6.04. The van der Waals surface area contributed by atoms with E-state index in [1.165, 1.54) is 5.56 Å². The third-order valence-electron chi connectivity index (χ3n) is 5.77. The molecule has 0 bridgehead atoms. The highest BCUT2D eigenvalue weighted by Gasteiger charge is 2.28. The predicted molar refractivity (Wildman–Crippen MR) is 119 cm³/mol. The molecule has 3 aromatic rings. The van der Waals surface area contributed by atoms with Crippen LogP contribution in [0, 0.1) is 0 Å². The maximum atomic E-state index is 12.9. The molecule has 7 heteroatoms. The van der Waals surface area contributed by atoms with Crippen LogP contribution in [0.25, 0.3) is 10.9 Å². The van der Waals surface area contributed by atoms with E-state index in [-0.39, 0.29) is 11.5 Å². The minimum absolute atomic E-state index is 0.0157. The fraction of sp³-hybridized carbons (Fsp3) is 0.348. The first-order valence-corrected chi connectivity index (χ1v) is 11.9. The van der Waals surface area contributed by atoms with Gasteiger partial charge in [0.2, 0.25) is 10.0 Å². The largest absolute Gasteiger partial charge is 0.360 e. The molecule has 1 saturated heterocycles. The van der Waals surface area contributed by atoms with E-state index in [2.05, 4.69) is 18.0 Å². The molecule has 2 aromatic carbocycles. The van der Waals surface area contributed by atoms with Crippen molar-refractivity contribution in [2.45, 2.75) is 19.1 Å². The number of aromatic amines is 1. The van der Waals surface area contributed by atoms with Crippen LogP contribution in [0.1, 0.15) is 28.4 Å². The first kappa shape index (κ1) is 20.8. The van der Waals surface area contributed by atoms with Crippen LogP contribution in [0.15, 0.2) is 54.7 Å². The molecule has 0 atom stereocenters. The first-order valence-electron chi connectivity index (χ1n) is 10.3. The van der Waals surface area contributed by atoms with Crippen molar-refractivity contribution in [3.05, 3.63) is 71.4 Å². The highest BCUT2D eigenvalue weighted by molar-refractivity contribution is 7.88. The van der Waals surface area contributed by atoms with Gasteiger partial charge in [0, 0.05) is 48.8 Å². The molecule has 158 valence electrons. The Hall–Kier alpha value is -2.48. The summed E-state index contributed by atoms with van der Waals surface area (Å²) in [7, 11) is -3.35. The van der Waals surface area contributed by atoms with Crippen LogP contribution < -0.4 is 0 Å². The number of piperazine rings is 1. The van der Waals surface area contributed by atoms with Crippen LogP contribution in [0.4, 0.5) is 0 Å². The van der Waals surface area contributed by atoms with Crippen molar-refractivity contribution in [3.63, 3.8) is 0 Å². The van der Waals surface area contributed by atoms with Crippen molar-refractivity contribution in [2.24, 2.45) is 0 Å². The Balaban J connectivity index is 1.37. The normalized spacial score (nSPS) is 16.2. The van der Waals surface area contributed by atoms with Gasteiger partial charge in [0.05, 0.1) is 12.3 Å². The number of ketones is 1. The molecule has 1 aliphatic rings. The van der Waals surface area contributed by atoms with Crippen molar-refractivity contribution in [1.82, 2.24) is 14.2 Å². The zero-order valence-corrected chi connectivity index (χ0v) is 18.0. The second kappa shape index (κ2) is 8.71. The Bertz CT molecular complexity index is 1130. The monoisotopic (exact) mass is 425 g/mol. The van der Waals surface area contributed by atoms with Crippen LogP contribution >= 0.6 is 0 Å². The van der Waals surface area contributed by atoms with E-state index in [0.29, 0.717) is 38.3 Å². The topological polar surface area (TPSA) is 73.5 Å². The van der Waals surface area contributed by atoms with Crippen molar-refractivity contribution < 1.29 is 13.2 Å². The number of hydrogen-bond donors (Lipinski definition) is 1. The number of H-pyrrole nitrogens is 1. The van der Waals surface area contributed by atoms with E-state index >= 15 is 0 Å². The van der Waals surface area contributed by atoms with Crippen LogP contribution in [-0.2, 0) is 22.2 Å². The van der Waals surface area contributed by atoms with E-state index in [4.69, 9.17) is 0 Å². The number of nitrogens with zero attached hydrogens (tertiary/aromatic N) is 2. The lowest BCUT2D eigenvalue weighted by Crippen LogP contribution is -2.50. The summed E-state index contributed by atoms with van der Waals surface area (Å²) in [6, 6.07) is 15.3. The molecule has 1 fully saturated rings. The van der Waals surface area contributed by atoms with E-state index in [1.54, 1.807) is 10.5 Å². The van der Waals surface area contributed by atoms with E-state index in [9.17, 15) is 13.2 Å². The summed E-state index contributed by atoms with van der Waals surface area (Å²) in [6.45, 7) is 4.34. The minimum atomic E-state index is -3.35. The van der Waals surface area contributed by atoms with Gasteiger partial charge in [-0.2, -0.15) is 4.31 Å². The summed E-state index contributed by atoms with van der Waals surface area (Å²) in [5.41, 5.74) is 3.73. The fourth-order valence-corrected chi connectivity index (χ4v) is 5.59. The molecule has 4 rings (SSSR count). The third-order valence-corrected chi connectivity index (χ3v) is 7.62. The van der Waals surface area contributed by atoms with Gasteiger partial charge in [0.15, 0.2) is 5.78 Å². The number of fused-ring (bicyclic) bond motifs is 1. The number of Topliss-reactive ketones (excluding diaryl/α,β-unsaturated/α-hetero) is 1. The third kappa shape index (κ3) is 4.33. The smallest absolute Gasteiger partial charge is 0.218 e. The number of rotatable bonds is 7. The Morgan fingerprint density at radius 1 is 1.00 bits per heavy atom. The number of carbonyl (C=O) groups excluding carboxylic acids is 1. The molecular formula is C23H27N3O3S. The van der Waals surface area contributed by atoms with Gasteiger partial charge < -0.3 is 4.98 Å². The maximum Gasteiger partial charge on any atom is 0.218 e. The van der Waals surface area contributed by atoms with Crippen molar-refractivity contribution in [3.8, 4) is 0 Å². The lowest BCUT2D eigenvalue weighted by atomic mass is 10.0. The molecular weight excluding hydrogens is 398 g/mol. The van der Waals surface area contributed by atoms with E-state index in [1.807, 2.05) is 47.4 Å². The molecule has 6 nitrogen and oxygen atoms in total. The first-order chi connectivity index (χ1) is 14.5. The molecule has 0 amide bonds. The van der Waals surface area contributed by atoms with Crippen LogP contribution in [0.3, 0.4) is 0 Å². The highest BCUT2D eigenvalue weighted by atomic mass is 32.2. The molecule has 0 saturated carbocycles. The zero-order chi connectivity index (χ0) is 21.1. The zero-order valence-electron chi connectivity index (χ0n) is 17.2. The number of nitrogens with one attached hydrogen (secondary N) is 1. The van der Waals surface area contributed by atoms with Crippen molar-refractivity contribution in [2.75, 3.05) is 32.7 Å². The summed E-state index contributed by atoms with van der Waals surface area (Å²) in [6.07, 6.45) is 2.71. The summed E-state index contributed by atoms with van der Waals surface area (Å²) in [5, 5.41) is 0.962. The van der Waals surface area contributed by atoms with E-state index in [0.717, 1.165) is 22.9 Å². The average molecular weight is 426 g/mol. The molecule has 30 heavy (non-hydrogen) atoms.